The molecule has 0 heterocycles. The van der Waals surface area contributed by atoms with Gasteiger partial charge in [0.05, 0.1) is 0 Å². The first-order valence-electron chi connectivity index (χ1n) is 6.59. The van der Waals surface area contributed by atoms with Crippen LogP contribution in [0.3, 0.4) is 0 Å². The number of hydrogen-bond donors (Lipinski definition) is 1. The van der Waals surface area contributed by atoms with Crippen molar-refractivity contribution in [2.24, 2.45) is 0 Å². The van der Waals surface area contributed by atoms with Gasteiger partial charge in [-0.3, -0.25) is 0 Å². The lowest BCUT2D eigenvalue weighted by molar-refractivity contribution is 0.521. The lowest BCUT2D eigenvalue weighted by Gasteiger charge is -2.14. The Kier molecular flexibility index (Phi) is 10.0. The summed E-state index contributed by atoms with van der Waals surface area (Å²) in [6.07, 6.45) is 10.6. The van der Waals surface area contributed by atoms with Crippen molar-refractivity contribution in [3.8, 4) is 0 Å². The van der Waals surface area contributed by atoms with Crippen molar-refractivity contribution in [3.63, 3.8) is 0 Å². The van der Waals surface area contributed by atoms with Gasteiger partial charge in [-0.2, -0.15) is 0 Å². The lowest BCUT2D eigenvalue weighted by Crippen LogP contribution is -2.26. The Balaban J connectivity index is 3.62. The highest BCUT2D eigenvalue weighted by Gasteiger charge is 2.02. The molecular formula is C14H29N. The van der Waals surface area contributed by atoms with Crippen LogP contribution in [0.25, 0.3) is 0 Å². The van der Waals surface area contributed by atoms with Gasteiger partial charge in [0.25, 0.3) is 0 Å². The minimum absolute atomic E-state index is 0.599. The molecule has 0 radical (unpaired) electrons. The van der Waals surface area contributed by atoms with Crippen LogP contribution in [0.4, 0.5) is 0 Å². The molecule has 0 aliphatic carbocycles. The van der Waals surface area contributed by atoms with Crippen LogP contribution in [0.1, 0.15) is 66.2 Å². The zero-order valence-electron chi connectivity index (χ0n) is 11.1. The monoisotopic (exact) mass is 211 g/mol. The van der Waals surface area contributed by atoms with Gasteiger partial charge in [-0.15, -0.1) is 0 Å². The van der Waals surface area contributed by atoms with E-state index in [0.717, 1.165) is 6.54 Å². The average Bonchev–Trinajstić information content (AvgIpc) is 2.17. The molecule has 0 spiro atoms. The molecule has 0 saturated heterocycles. The molecule has 0 amide bonds. The fraction of sp³-hybridized carbons (Fsp3) is 0.857. The summed E-state index contributed by atoms with van der Waals surface area (Å²) in [6.45, 7) is 9.89. The standard InChI is InChI=1S/C14H29N/c1-5-7-8-9-10-11-14(15-6-2)12-13(3)4/h12,14-15H,5-11H2,1-4H3. The van der Waals surface area contributed by atoms with Crippen molar-refractivity contribution in [1.29, 1.82) is 0 Å². The molecule has 0 saturated carbocycles. The molecule has 0 aliphatic rings. The van der Waals surface area contributed by atoms with Crippen LogP contribution in [0.5, 0.6) is 0 Å². The summed E-state index contributed by atoms with van der Waals surface area (Å²) in [4.78, 5) is 0. The molecule has 0 aliphatic heterocycles. The van der Waals surface area contributed by atoms with E-state index in [4.69, 9.17) is 0 Å². The normalized spacial score (nSPS) is 12.5. The molecule has 0 fully saturated rings. The van der Waals surface area contributed by atoms with Crippen molar-refractivity contribution < 1.29 is 0 Å². The third-order valence-electron chi connectivity index (χ3n) is 2.62. The molecule has 1 unspecified atom stereocenters. The molecule has 0 aromatic heterocycles. The van der Waals surface area contributed by atoms with Gasteiger partial charge in [0.1, 0.15) is 0 Å². The first-order chi connectivity index (χ1) is 7.20. The number of rotatable bonds is 9. The molecule has 1 nitrogen and oxygen atoms in total. The van der Waals surface area contributed by atoms with Crippen LogP contribution in [0.15, 0.2) is 11.6 Å². The molecule has 90 valence electrons. The Labute approximate surface area is 96.3 Å². The Morgan fingerprint density at radius 1 is 1.07 bits per heavy atom. The van der Waals surface area contributed by atoms with E-state index in [9.17, 15) is 0 Å². The van der Waals surface area contributed by atoms with E-state index in [1.54, 1.807) is 0 Å². The zero-order valence-corrected chi connectivity index (χ0v) is 11.1. The minimum Gasteiger partial charge on any atom is -0.311 e. The van der Waals surface area contributed by atoms with Crippen molar-refractivity contribution >= 4 is 0 Å². The molecule has 15 heavy (non-hydrogen) atoms. The molecule has 0 aromatic carbocycles. The molecule has 0 rings (SSSR count). The number of hydrogen-bond acceptors (Lipinski definition) is 1. The molecule has 0 aromatic rings. The van der Waals surface area contributed by atoms with E-state index >= 15 is 0 Å². The van der Waals surface area contributed by atoms with Gasteiger partial charge in [0, 0.05) is 6.04 Å². The fourth-order valence-electron chi connectivity index (χ4n) is 1.88. The Morgan fingerprint density at radius 2 is 1.73 bits per heavy atom. The van der Waals surface area contributed by atoms with Crippen molar-refractivity contribution in [3.05, 3.63) is 11.6 Å². The summed E-state index contributed by atoms with van der Waals surface area (Å²) in [7, 11) is 0. The second kappa shape index (κ2) is 10.2. The van der Waals surface area contributed by atoms with Crippen LogP contribution in [0, 0.1) is 0 Å². The fourth-order valence-corrected chi connectivity index (χ4v) is 1.88. The number of nitrogens with one attached hydrogen (secondary N) is 1. The topological polar surface area (TPSA) is 12.0 Å². The highest BCUT2D eigenvalue weighted by Crippen LogP contribution is 2.09. The van der Waals surface area contributed by atoms with Gasteiger partial charge in [-0.1, -0.05) is 57.6 Å². The van der Waals surface area contributed by atoms with E-state index in [2.05, 4.69) is 39.1 Å². The second-order valence-electron chi connectivity index (χ2n) is 4.61. The Morgan fingerprint density at radius 3 is 2.27 bits per heavy atom. The average molecular weight is 211 g/mol. The van der Waals surface area contributed by atoms with Crippen LogP contribution in [0.2, 0.25) is 0 Å². The summed E-state index contributed by atoms with van der Waals surface area (Å²) in [5, 5.41) is 3.53. The van der Waals surface area contributed by atoms with Crippen molar-refractivity contribution in [2.75, 3.05) is 6.54 Å². The van der Waals surface area contributed by atoms with Gasteiger partial charge >= 0.3 is 0 Å². The summed E-state index contributed by atoms with van der Waals surface area (Å²) in [5.41, 5.74) is 1.43. The maximum atomic E-state index is 3.53. The Bertz CT molecular complexity index is 157. The summed E-state index contributed by atoms with van der Waals surface area (Å²) < 4.78 is 0. The molecule has 1 heteroatoms. The van der Waals surface area contributed by atoms with Gasteiger partial charge in [-0.05, 0) is 26.8 Å². The largest absolute Gasteiger partial charge is 0.311 e. The predicted octanol–water partition coefficient (Wildman–Crippen LogP) is 4.29. The lowest BCUT2D eigenvalue weighted by atomic mass is 10.0. The summed E-state index contributed by atoms with van der Waals surface area (Å²) in [5.74, 6) is 0. The maximum Gasteiger partial charge on any atom is 0.0252 e. The third kappa shape index (κ3) is 9.99. The highest BCUT2D eigenvalue weighted by molar-refractivity contribution is 5.00. The van der Waals surface area contributed by atoms with Gasteiger partial charge in [0.15, 0.2) is 0 Å². The van der Waals surface area contributed by atoms with E-state index in [0.29, 0.717) is 6.04 Å². The van der Waals surface area contributed by atoms with Crippen molar-refractivity contribution in [2.45, 2.75) is 72.3 Å². The quantitative estimate of drug-likeness (QED) is 0.443. The van der Waals surface area contributed by atoms with Crippen LogP contribution < -0.4 is 5.32 Å². The summed E-state index contributed by atoms with van der Waals surface area (Å²) in [6, 6.07) is 0.599. The van der Waals surface area contributed by atoms with Gasteiger partial charge < -0.3 is 5.32 Å². The van der Waals surface area contributed by atoms with Crippen LogP contribution in [-0.2, 0) is 0 Å². The summed E-state index contributed by atoms with van der Waals surface area (Å²) >= 11 is 0. The predicted molar refractivity (Wildman–Crippen MR) is 70.3 cm³/mol. The van der Waals surface area contributed by atoms with Crippen molar-refractivity contribution in [1.82, 2.24) is 5.32 Å². The first-order valence-corrected chi connectivity index (χ1v) is 6.59. The van der Waals surface area contributed by atoms with E-state index < -0.39 is 0 Å². The molecule has 0 bridgehead atoms. The van der Waals surface area contributed by atoms with Gasteiger partial charge in [0.2, 0.25) is 0 Å². The van der Waals surface area contributed by atoms with Gasteiger partial charge in [-0.25, -0.2) is 0 Å². The maximum absolute atomic E-state index is 3.53. The smallest absolute Gasteiger partial charge is 0.0252 e. The molecule has 1 N–H and O–H groups in total. The van der Waals surface area contributed by atoms with E-state index in [1.165, 1.54) is 44.1 Å². The third-order valence-corrected chi connectivity index (χ3v) is 2.62. The second-order valence-corrected chi connectivity index (χ2v) is 4.61. The van der Waals surface area contributed by atoms with E-state index in [1.807, 2.05) is 0 Å². The SMILES string of the molecule is CCCCCCCC(C=C(C)C)NCC. The number of allylic oxidation sites excluding steroid dienone is 1. The number of unbranched alkanes of at least 4 members (excludes halogenated alkanes) is 4. The molecular weight excluding hydrogens is 182 g/mol. The van der Waals surface area contributed by atoms with Crippen LogP contribution in [-0.4, -0.2) is 12.6 Å². The number of likely N-dealkylation sites (N-methyl/N-ethyl adjacent to an activating group) is 1. The minimum atomic E-state index is 0.599. The Hall–Kier alpha value is -0.300. The highest BCUT2D eigenvalue weighted by atomic mass is 14.9. The first kappa shape index (κ1) is 14.7. The zero-order chi connectivity index (χ0) is 11.5. The molecule has 1 atom stereocenters. The van der Waals surface area contributed by atoms with Crippen LogP contribution >= 0.6 is 0 Å². The van der Waals surface area contributed by atoms with E-state index in [-0.39, 0.29) is 0 Å².